The molecule has 1 aliphatic carbocycles. The van der Waals surface area contributed by atoms with Gasteiger partial charge in [-0.15, -0.1) is 12.4 Å². The molecule has 2 unspecified atom stereocenters. The standard InChI is InChI=1S/C20H30N2O.ClH/c1-15-6-3-4-8-18(15)20(9-10-20)14-22-19(23)12-16(2)17-7-5-11-21-13-17;/h3-4,6,8,16-17,21H,5,7,9-14H2,1-2H3,(H,22,23);1H. The Kier molecular flexibility index (Phi) is 6.70. The molecule has 1 saturated carbocycles. The van der Waals surface area contributed by atoms with Gasteiger partial charge in [0.15, 0.2) is 0 Å². The van der Waals surface area contributed by atoms with Crippen LogP contribution in [0.25, 0.3) is 0 Å². The van der Waals surface area contributed by atoms with Crippen LogP contribution in [-0.2, 0) is 10.2 Å². The number of carbonyl (C=O) groups excluding carboxylic acids is 1. The molecule has 2 atom stereocenters. The predicted molar refractivity (Wildman–Crippen MR) is 102 cm³/mol. The van der Waals surface area contributed by atoms with Gasteiger partial charge in [-0.25, -0.2) is 0 Å². The van der Waals surface area contributed by atoms with Crippen molar-refractivity contribution in [2.75, 3.05) is 19.6 Å². The van der Waals surface area contributed by atoms with Crippen molar-refractivity contribution in [1.29, 1.82) is 0 Å². The number of amides is 1. The molecule has 3 nitrogen and oxygen atoms in total. The van der Waals surface area contributed by atoms with E-state index < -0.39 is 0 Å². The molecule has 0 aromatic heterocycles. The van der Waals surface area contributed by atoms with E-state index in [1.165, 1.54) is 36.8 Å². The average molecular weight is 351 g/mol. The summed E-state index contributed by atoms with van der Waals surface area (Å²) >= 11 is 0. The number of hydrogen-bond acceptors (Lipinski definition) is 2. The van der Waals surface area contributed by atoms with Crippen LogP contribution in [0.5, 0.6) is 0 Å². The Bertz CT molecular complexity index is 550. The third-order valence-corrected chi connectivity index (χ3v) is 5.84. The number of hydrogen-bond donors (Lipinski definition) is 2. The summed E-state index contributed by atoms with van der Waals surface area (Å²) < 4.78 is 0. The lowest BCUT2D eigenvalue weighted by Crippen LogP contribution is -2.37. The third-order valence-electron chi connectivity index (χ3n) is 5.84. The molecule has 134 valence electrons. The Morgan fingerprint density at radius 3 is 2.75 bits per heavy atom. The van der Waals surface area contributed by atoms with Crippen molar-refractivity contribution in [1.82, 2.24) is 10.6 Å². The zero-order chi connectivity index (χ0) is 16.3. The SMILES string of the molecule is Cc1ccccc1C1(CNC(=O)CC(C)C2CCCNC2)CC1.Cl. The van der Waals surface area contributed by atoms with Gasteiger partial charge in [0, 0.05) is 18.4 Å². The number of nitrogens with one attached hydrogen (secondary N) is 2. The molecule has 1 aromatic rings. The summed E-state index contributed by atoms with van der Waals surface area (Å²) in [7, 11) is 0. The first kappa shape index (κ1) is 19.3. The van der Waals surface area contributed by atoms with Crippen molar-refractivity contribution >= 4 is 18.3 Å². The van der Waals surface area contributed by atoms with Crippen LogP contribution in [0.2, 0.25) is 0 Å². The van der Waals surface area contributed by atoms with Gasteiger partial charge in [-0.1, -0.05) is 31.2 Å². The van der Waals surface area contributed by atoms with Gasteiger partial charge < -0.3 is 10.6 Å². The zero-order valence-electron chi connectivity index (χ0n) is 14.9. The maximum absolute atomic E-state index is 12.4. The quantitative estimate of drug-likeness (QED) is 0.823. The van der Waals surface area contributed by atoms with E-state index in [-0.39, 0.29) is 23.7 Å². The maximum atomic E-state index is 12.4. The summed E-state index contributed by atoms with van der Waals surface area (Å²) in [6.45, 7) is 7.41. The summed E-state index contributed by atoms with van der Waals surface area (Å²) in [5.74, 6) is 1.35. The van der Waals surface area contributed by atoms with Crippen LogP contribution in [0.3, 0.4) is 0 Å². The maximum Gasteiger partial charge on any atom is 0.220 e. The molecule has 0 radical (unpaired) electrons. The first-order valence-electron chi connectivity index (χ1n) is 9.14. The molecule has 3 rings (SSSR count). The highest BCUT2D eigenvalue weighted by atomic mass is 35.5. The molecule has 1 heterocycles. The van der Waals surface area contributed by atoms with Crippen molar-refractivity contribution in [2.45, 2.75) is 51.4 Å². The third kappa shape index (κ3) is 4.52. The fourth-order valence-electron chi connectivity index (χ4n) is 4.02. The van der Waals surface area contributed by atoms with Crippen molar-refractivity contribution in [3.8, 4) is 0 Å². The van der Waals surface area contributed by atoms with Crippen molar-refractivity contribution in [2.24, 2.45) is 11.8 Å². The molecule has 1 saturated heterocycles. The van der Waals surface area contributed by atoms with Crippen molar-refractivity contribution in [3.63, 3.8) is 0 Å². The normalized spacial score (nSPS) is 23.0. The van der Waals surface area contributed by atoms with Crippen LogP contribution in [0.1, 0.15) is 50.2 Å². The van der Waals surface area contributed by atoms with E-state index in [9.17, 15) is 4.79 Å². The highest BCUT2D eigenvalue weighted by Crippen LogP contribution is 2.48. The number of halogens is 1. The monoisotopic (exact) mass is 350 g/mol. The van der Waals surface area contributed by atoms with Gasteiger partial charge in [-0.2, -0.15) is 0 Å². The summed E-state index contributed by atoms with van der Waals surface area (Å²) in [6.07, 6.45) is 5.55. The second-order valence-electron chi connectivity index (χ2n) is 7.66. The van der Waals surface area contributed by atoms with Crippen molar-refractivity contribution in [3.05, 3.63) is 35.4 Å². The number of rotatable bonds is 6. The molecule has 1 aliphatic heterocycles. The number of carbonyl (C=O) groups is 1. The minimum Gasteiger partial charge on any atom is -0.355 e. The summed E-state index contributed by atoms with van der Waals surface area (Å²) in [5, 5.41) is 6.67. The second-order valence-corrected chi connectivity index (χ2v) is 7.66. The minimum absolute atomic E-state index is 0. The van der Waals surface area contributed by atoms with Gasteiger partial charge in [0.1, 0.15) is 0 Å². The van der Waals surface area contributed by atoms with Gasteiger partial charge in [-0.05, 0) is 68.7 Å². The van der Waals surface area contributed by atoms with E-state index in [1.54, 1.807) is 0 Å². The molecular weight excluding hydrogens is 320 g/mol. The lowest BCUT2D eigenvalue weighted by molar-refractivity contribution is -0.122. The van der Waals surface area contributed by atoms with Gasteiger partial charge in [0.25, 0.3) is 0 Å². The Hall–Kier alpha value is -1.06. The first-order chi connectivity index (χ1) is 11.1. The van der Waals surface area contributed by atoms with Crippen molar-refractivity contribution < 1.29 is 4.79 Å². The molecule has 1 amide bonds. The largest absolute Gasteiger partial charge is 0.355 e. The highest BCUT2D eigenvalue weighted by molar-refractivity contribution is 5.85. The molecule has 1 aromatic carbocycles. The summed E-state index contributed by atoms with van der Waals surface area (Å²) in [6, 6.07) is 8.61. The lowest BCUT2D eigenvalue weighted by atomic mass is 9.85. The van der Waals surface area contributed by atoms with E-state index >= 15 is 0 Å². The first-order valence-corrected chi connectivity index (χ1v) is 9.14. The topological polar surface area (TPSA) is 41.1 Å². The fourth-order valence-corrected chi connectivity index (χ4v) is 4.02. The minimum atomic E-state index is 0. The number of piperidine rings is 1. The Labute approximate surface area is 152 Å². The fraction of sp³-hybridized carbons (Fsp3) is 0.650. The Morgan fingerprint density at radius 1 is 1.38 bits per heavy atom. The lowest BCUT2D eigenvalue weighted by Gasteiger charge is -2.28. The van der Waals surface area contributed by atoms with Gasteiger partial charge in [0.05, 0.1) is 0 Å². The Morgan fingerprint density at radius 2 is 2.12 bits per heavy atom. The average Bonchev–Trinajstić information content (AvgIpc) is 3.35. The summed E-state index contributed by atoms with van der Waals surface area (Å²) in [4.78, 5) is 12.4. The van der Waals surface area contributed by atoms with E-state index in [2.05, 4.69) is 48.7 Å². The second kappa shape index (κ2) is 8.35. The molecule has 0 spiro atoms. The molecular formula is C20H31ClN2O. The van der Waals surface area contributed by atoms with E-state index in [0.717, 1.165) is 19.6 Å². The molecule has 24 heavy (non-hydrogen) atoms. The molecule has 2 aliphatic rings. The van der Waals surface area contributed by atoms with Gasteiger partial charge >= 0.3 is 0 Å². The van der Waals surface area contributed by atoms with Crippen LogP contribution in [0, 0.1) is 18.8 Å². The van der Waals surface area contributed by atoms with Crippen LogP contribution >= 0.6 is 12.4 Å². The molecule has 2 fully saturated rings. The van der Waals surface area contributed by atoms with Crippen LogP contribution in [0.15, 0.2) is 24.3 Å². The van der Waals surface area contributed by atoms with Gasteiger partial charge in [-0.3, -0.25) is 4.79 Å². The molecule has 4 heteroatoms. The smallest absolute Gasteiger partial charge is 0.220 e. The molecule has 2 N–H and O–H groups in total. The van der Waals surface area contributed by atoms with E-state index in [0.29, 0.717) is 18.3 Å². The van der Waals surface area contributed by atoms with Gasteiger partial charge in [0.2, 0.25) is 5.91 Å². The van der Waals surface area contributed by atoms with E-state index in [1.807, 2.05) is 0 Å². The Balaban J connectivity index is 0.00000208. The molecule has 0 bridgehead atoms. The van der Waals surface area contributed by atoms with Crippen LogP contribution in [0.4, 0.5) is 0 Å². The number of benzene rings is 1. The number of aryl methyl sites for hydroxylation is 1. The summed E-state index contributed by atoms with van der Waals surface area (Å²) in [5.41, 5.74) is 2.97. The van der Waals surface area contributed by atoms with Crippen LogP contribution < -0.4 is 10.6 Å². The predicted octanol–water partition coefficient (Wildman–Crippen LogP) is 3.59. The van der Waals surface area contributed by atoms with Crippen LogP contribution in [-0.4, -0.2) is 25.5 Å². The van der Waals surface area contributed by atoms with E-state index in [4.69, 9.17) is 0 Å². The highest BCUT2D eigenvalue weighted by Gasteiger charge is 2.45. The zero-order valence-corrected chi connectivity index (χ0v) is 15.8.